The molecule has 1 fully saturated rings. The number of benzene rings is 1. The van der Waals surface area contributed by atoms with Crippen LogP contribution in [0.3, 0.4) is 0 Å². The van der Waals surface area contributed by atoms with E-state index >= 15 is 0 Å². The van der Waals surface area contributed by atoms with Crippen molar-refractivity contribution in [1.29, 1.82) is 0 Å². The monoisotopic (exact) mass is 265 g/mol. The van der Waals surface area contributed by atoms with Crippen molar-refractivity contribution in [1.82, 2.24) is 4.90 Å². The van der Waals surface area contributed by atoms with Gasteiger partial charge in [-0.2, -0.15) is 0 Å². The van der Waals surface area contributed by atoms with E-state index in [1.54, 1.807) is 11.1 Å². The van der Waals surface area contributed by atoms with E-state index in [0.29, 0.717) is 5.41 Å². The molecule has 0 aromatic heterocycles. The topological polar surface area (TPSA) is 3.24 Å². The molecule has 0 bridgehead atoms. The highest BCUT2D eigenvalue weighted by atomic mass is 79.9. The average Bonchev–Trinajstić information content (AvgIpc) is 2.73. The molecule has 0 amide bonds. The molecule has 1 aliphatic carbocycles. The molecule has 1 aromatic carbocycles. The van der Waals surface area contributed by atoms with Gasteiger partial charge in [0, 0.05) is 16.4 Å². The highest BCUT2D eigenvalue weighted by Crippen LogP contribution is 2.45. The molecule has 0 unspecified atom stereocenters. The summed E-state index contributed by atoms with van der Waals surface area (Å²) in [4.78, 5) is 2.47. The van der Waals surface area contributed by atoms with Crippen molar-refractivity contribution in [3.05, 3.63) is 33.8 Å². The predicted molar refractivity (Wildman–Crippen MR) is 66.3 cm³/mol. The van der Waals surface area contributed by atoms with E-state index in [1.807, 2.05) is 0 Å². The van der Waals surface area contributed by atoms with Crippen molar-refractivity contribution in [2.75, 3.05) is 20.1 Å². The Hall–Kier alpha value is -0.340. The molecule has 2 aliphatic rings. The lowest BCUT2D eigenvalue weighted by Crippen LogP contribution is -2.26. The van der Waals surface area contributed by atoms with Crippen molar-refractivity contribution >= 4 is 15.9 Å². The first-order chi connectivity index (χ1) is 7.20. The molecule has 0 saturated carbocycles. The molecular weight excluding hydrogens is 250 g/mol. The van der Waals surface area contributed by atoms with Gasteiger partial charge in [0.25, 0.3) is 0 Å². The van der Waals surface area contributed by atoms with Gasteiger partial charge in [-0.3, -0.25) is 0 Å². The minimum Gasteiger partial charge on any atom is -0.305 e. The van der Waals surface area contributed by atoms with Crippen LogP contribution in [0, 0.1) is 0 Å². The zero-order chi connectivity index (χ0) is 10.5. The maximum Gasteiger partial charge on any atom is 0.0178 e. The van der Waals surface area contributed by atoms with E-state index in [2.05, 4.69) is 46.1 Å². The van der Waals surface area contributed by atoms with Crippen LogP contribution in [0.15, 0.2) is 22.7 Å². The zero-order valence-electron chi connectivity index (χ0n) is 9.09. The SMILES string of the molecule is CN1CC[C@]2(CCc3cc(Br)ccc32)C1. The van der Waals surface area contributed by atoms with Gasteiger partial charge in [-0.05, 0) is 56.1 Å². The fraction of sp³-hybridized carbons (Fsp3) is 0.538. The van der Waals surface area contributed by atoms with Crippen molar-refractivity contribution in [2.45, 2.75) is 24.7 Å². The molecule has 2 heteroatoms. The number of hydrogen-bond donors (Lipinski definition) is 0. The predicted octanol–water partition coefficient (Wildman–Crippen LogP) is 2.97. The summed E-state index contributed by atoms with van der Waals surface area (Å²) in [6.45, 7) is 2.51. The van der Waals surface area contributed by atoms with E-state index in [-0.39, 0.29) is 0 Å². The smallest absolute Gasteiger partial charge is 0.0178 e. The largest absolute Gasteiger partial charge is 0.305 e. The molecule has 1 nitrogen and oxygen atoms in total. The summed E-state index contributed by atoms with van der Waals surface area (Å²) >= 11 is 3.56. The van der Waals surface area contributed by atoms with Crippen LogP contribution in [0.5, 0.6) is 0 Å². The summed E-state index contributed by atoms with van der Waals surface area (Å²) in [6, 6.07) is 6.85. The summed E-state index contributed by atoms with van der Waals surface area (Å²) in [5, 5.41) is 0. The van der Waals surface area contributed by atoms with Crippen LogP contribution in [0.4, 0.5) is 0 Å². The Morgan fingerprint density at radius 1 is 1.33 bits per heavy atom. The van der Waals surface area contributed by atoms with E-state index in [0.717, 1.165) is 0 Å². The van der Waals surface area contributed by atoms with Gasteiger partial charge < -0.3 is 4.90 Å². The van der Waals surface area contributed by atoms with Crippen LogP contribution in [0.1, 0.15) is 24.0 Å². The standard InChI is InChI=1S/C13H16BrN/c1-15-7-6-13(9-15)5-4-10-8-11(14)2-3-12(10)13/h2-3,8H,4-7,9H2,1H3/t13-/m1/s1. The van der Waals surface area contributed by atoms with Crippen molar-refractivity contribution in [2.24, 2.45) is 0 Å². The lowest BCUT2D eigenvalue weighted by atomic mass is 9.81. The fourth-order valence-electron chi connectivity index (χ4n) is 3.30. The Morgan fingerprint density at radius 3 is 2.93 bits per heavy atom. The second kappa shape index (κ2) is 3.33. The summed E-state index contributed by atoms with van der Waals surface area (Å²) < 4.78 is 1.23. The molecule has 1 aromatic rings. The fourth-order valence-corrected chi connectivity index (χ4v) is 3.71. The quantitative estimate of drug-likeness (QED) is 0.697. The molecule has 3 rings (SSSR count). The minimum absolute atomic E-state index is 0.491. The first-order valence-electron chi connectivity index (χ1n) is 5.67. The molecule has 80 valence electrons. The number of fused-ring (bicyclic) bond motifs is 2. The lowest BCUT2D eigenvalue weighted by molar-refractivity contribution is 0.366. The first kappa shape index (κ1) is 9.86. The van der Waals surface area contributed by atoms with Crippen LogP contribution in [0.25, 0.3) is 0 Å². The van der Waals surface area contributed by atoms with Crippen molar-refractivity contribution in [3.63, 3.8) is 0 Å². The third-order valence-corrected chi connectivity index (χ3v) is 4.55. The number of halogens is 1. The van der Waals surface area contributed by atoms with Gasteiger partial charge in [-0.15, -0.1) is 0 Å². The molecule has 1 aliphatic heterocycles. The number of likely N-dealkylation sites (tertiary alicyclic amines) is 1. The van der Waals surface area contributed by atoms with Gasteiger partial charge in [0.15, 0.2) is 0 Å². The average molecular weight is 266 g/mol. The maximum atomic E-state index is 3.56. The number of rotatable bonds is 0. The van der Waals surface area contributed by atoms with Gasteiger partial charge in [0.05, 0.1) is 0 Å². The Labute approximate surface area is 99.6 Å². The first-order valence-corrected chi connectivity index (χ1v) is 6.46. The second-order valence-corrected chi connectivity index (χ2v) is 5.99. The highest BCUT2D eigenvalue weighted by Gasteiger charge is 2.42. The molecule has 15 heavy (non-hydrogen) atoms. The summed E-state index contributed by atoms with van der Waals surface area (Å²) in [6.07, 6.45) is 3.96. The Morgan fingerprint density at radius 2 is 2.20 bits per heavy atom. The molecule has 1 saturated heterocycles. The molecule has 0 N–H and O–H groups in total. The second-order valence-electron chi connectivity index (χ2n) is 5.07. The summed E-state index contributed by atoms with van der Waals surface area (Å²) in [5.41, 5.74) is 3.68. The van der Waals surface area contributed by atoms with Crippen LogP contribution >= 0.6 is 15.9 Å². The number of likely N-dealkylation sites (N-methyl/N-ethyl adjacent to an activating group) is 1. The van der Waals surface area contributed by atoms with Crippen LogP contribution in [-0.2, 0) is 11.8 Å². The van der Waals surface area contributed by atoms with E-state index in [9.17, 15) is 0 Å². The van der Waals surface area contributed by atoms with Gasteiger partial charge in [0.1, 0.15) is 0 Å². The van der Waals surface area contributed by atoms with Crippen LogP contribution < -0.4 is 0 Å². The van der Waals surface area contributed by atoms with Crippen LogP contribution in [0.2, 0.25) is 0 Å². The van der Waals surface area contributed by atoms with E-state index in [1.165, 1.54) is 36.8 Å². The highest BCUT2D eigenvalue weighted by molar-refractivity contribution is 9.10. The third kappa shape index (κ3) is 1.46. The molecule has 1 atom stereocenters. The Balaban J connectivity index is 2.04. The third-order valence-electron chi connectivity index (χ3n) is 4.06. The number of nitrogens with zero attached hydrogens (tertiary/aromatic N) is 1. The van der Waals surface area contributed by atoms with E-state index < -0.39 is 0 Å². The number of aryl methyl sites for hydroxylation is 1. The zero-order valence-corrected chi connectivity index (χ0v) is 10.7. The van der Waals surface area contributed by atoms with Crippen molar-refractivity contribution < 1.29 is 0 Å². The molecule has 1 heterocycles. The Kier molecular flexibility index (Phi) is 2.18. The molecular formula is C13H16BrN. The minimum atomic E-state index is 0.491. The molecule has 0 radical (unpaired) electrons. The van der Waals surface area contributed by atoms with Gasteiger partial charge in [-0.25, -0.2) is 0 Å². The van der Waals surface area contributed by atoms with Gasteiger partial charge in [-0.1, -0.05) is 22.0 Å². The van der Waals surface area contributed by atoms with E-state index in [4.69, 9.17) is 0 Å². The molecule has 1 spiro atoms. The van der Waals surface area contributed by atoms with Crippen LogP contribution in [-0.4, -0.2) is 25.0 Å². The summed E-state index contributed by atoms with van der Waals surface area (Å²) in [5.74, 6) is 0. The normalized spacial score (nSPS) is 30.0. The Bertz CT molecular complexity index is 402. The lowest BCUT2D eigenvalue weighted by Gasteiger charge is -2.24. The van der Waals surface area contributed by atoms with Gasteiger partial charge >= 0.3 is 0 Å². The van der Waals surface area contributed by atoms with Gasteiger partial charge in [0.2, 0.25) is 0 Å². The number of hydrogen-bond acceptors (Lipinski definition) is 1. The summed E-state index contributed by atoms with van der Waals surface area (Å²) in [7, 11) is 2.24. The maximum absolute atomic E-state index is 3.56. The van der Waals surface area contributed by atoms with Crippen molar-refractivity contribution in [3.8, 4) is 0 Å².